The van der Waals surface area contributed by atoms with Gasteiger partial charge in [-0.05, 0) is 73.8 Å². The van der Waals surface area contributed by atoms with Gasteiger partial charge in [-0.3, -0.25) is 0 Å². The Bertz CT molecular complexity index is 1510. The minimum absolute atomic E-state index is 0.314. The summed E-state index contributed by atoms with van der Waals surface area (Å²) in [4.78, 5) is 13.2. The number of ether oxygens (including phenoxy) is 2. The van der Waals surface area contributed by atoms with Crippen molar-refractivity contribution in [3.63, 3.8) is 0 Å². The average Bonchev–Trinajstić information content (AvgIpc) is 3.54. The molecule has 1 fully saturated rings. The lowest BCUT2D eigenvalue weighted by Crippen LogP contribution is -2.33. The van der Waals surface area contributed by atoms with Crippen LogP contribution in [0.1, 0.15) is 57.1 Å². The van der Waals surface area contributed by atoms with Gasteiger partial charge < -0.3 is 20.1 Å². The lowest BCUT2D eigenvalue weighted by atomic mass is 9.76. The SMILES string of the molecule is Cc1cc2c(cc1Nc1ccccc1)C1(OC(=O)c3ccccc31)c1ccc(C3CCCN3)cc1O2. The van der Waals surface area contributed by atoms with Gasteiger partial charge in [0, 0.05) is 34.1 Å². The van der Waals surface area contributed by atoms with E-state index in [4.69, 9.17) is 9.47 Å². The number of esters is 1. The fraction of sp³-hybridized carbons (Fsp3) is 0.194. The molecule has 3 heterocycles. The highest BCUT2D eigenvalue weighted by Gasteiger charge is 2.53. The molecular formula is C31H26N2O3. The van der Waals surface area contributed by atoms with Crippen LogP contribution in [0.15, 0.2) is 84.9 Å². The second-order valence-electron chi connectivity index (χ2n) is 9.78. The summed E-state index contributed by atoms with van der Waals surface area (Å²) < 4.78 is 12.9. The maximum atomic E-state index is 13.2. The van der Waals surface area contributed by atoms with E-state index in [0.29, 0.717) is 17.4 Å². The number of aryl methyl sites for hydroxylation is 1. The molecule has 0 saturated carbocycles. The van der Waals surface area contributed by atoms with Crippen molar-refractivity contribution in [2.24, 2.45) is 0 Å². The lowest BCUT2D eigenvalue weighted by Gasteiger charge is -2.37. The van der Waals surface area contributed by atoms with Crippen molar-refractivity contribution in [2.45, 2.75) is 31.4 Å². The van der Waals surface area contributed by atoms with Crippen molar-refractivity contribution in [2.75, 3.05) is 11.9 Å². The molecule has 0 aliphatic carbocycles. The van der Waals surface area contributed by atoms with Gasteiger partial charge in [0.15, 0.2) is 5.60 Å². The van der Waals surface area contributed by atoms with E-state index < -0.39 is 5.60 Å². The highest BCUT2D eigenvalue weighted by atomic mass is 16.6. The molecule has 1 saturated heterocycles. The van der Waals surface area contributed by atoms with Crippen molar-refractivity contribution >= 4 is 17.3 Å². The number of rotatable bonds is 3. The second kappa shape index (κ2) is 7.97. The number of hydrogen-bond acceptors (Lipinski definition) is 5. The predicted octanol–water partition coefficient (Wildman–Crippen LogP) is 6.73. The van der Waals surface area contributed by atoms with Gasteiger partial charge in [0.05, 0.1) is 5.56 Å². The molecule has 4 aromatic rings. The van der Waals surface area contributed by atoms with E-state index >= 15 is 0 Å². The number of fused-ring (bicyclic) bond motifs is 6. The van der Waals surface area contributed by atoms with Crippen LogP contribution < -0.4 is 15.4 Å². The van der Waals surface area contributed by atoms with Crippen molar-refractivity contribution in [3.8, 4) is 11.5 Å². The largest absolute Gasteiger partial charge is 0.456 e. The van der Waals surface area contributed by atoms with Gasteiger partial charge in [0.2, 0.25) is 0 Å². The Hall–Kier alpha value is -4.09. The lowest BCUT2D eigenvalue weighted by molar-refractivity contribution is 0.0224. The Balaban J connectivity index is 1.44. The minimum Gasteiger partial charge on any atom is -0.456 e. The Labute approximate surface area is 210 Å². The van der Waals surface area contributed by atoms with Crippen LogP contribution in [0.5, 0.6) is 11.5 Å². The molecule has 0 amide bonds. The normalized spacial score (nSPS) is 21.4. The summed E-state index contributed by atoms with van der Waals surface area (Å²) >= 11 is 0. The van der Waals surface area contributed by atoms with E-state index in [9.17, 15) is 4.79 Å². The smallest absolute Gasteiger partial charge is 0.340 e. The van der Waals surface area contributed by atoms with Gasteiger partial charge in [0.25, 0.3) is 0 Å². The minimum atomic E-state index is -1.07. The van der Waals surface area contributed by atoms with Gasteiger partial charge >= 0.3 is 5.97 Å². The molecule has 5 heteroatoms. The standard InChI is InChI=1S/C31H26N2O3/c1-19-16-28-25(18-27(19)33-21-8-3-2-4-9-21)31(23-11-6-5-10-22(23)30(34)36-31)24-14-13-20(17-29(24)35-28)26-12-7-15-32-26/h2-6,8-11,13-14,16-18,26,32-33H,7,12,15H2,1H3. The number of anilines is 2. The summed E-state index contributed by atoms with van der Waals surface area (Å²) in [7, 11) is 0. The van der Waals surface area contributed by atoms with Gasteiger partial charge in [-0.15, -0.1) is 0 Å². The molecule has 5 nitrogen and oxygen atoms in total. The molecule has 4 aromatic carbocycles. The topological polar surface area (TPSA) is 59.6 Å². The van der Waals surface area contributed by atoms with Gasteiger partial charge in [-0.2, -0.15) is 0 Å². The Morgan fingerprint density at radius 2 is 1.69 bits per heavy atom. The highest BCUT2D eigenvalue weighted by molar-refractivity contribution is 5.97. The first-order valence-electron chi connectivity index (χ1n) is 12.5. The zero-order chi connectivity index (χ0) is 24.3. The molecule has 2 N–H and O–H groups in total. The van der Waals surface area contributed by atoms with E-state index in [2.05, 4.69) is 41.8 Å². The van der Waals surface area contributed by atoms with Crippen LogP contribution in [0.4, 0.5) is 11.4 Å². The Kier molecular flexibility index (Phi) is 4.70. The fourth-order valence-corrected chi connectivity index (χ4v) is 5.83. The van der Waals surface area contributed by atoms with Crippen molar-refractivity contribution < 1.29 is 14.3 Å². The third-order valence-electron chi connectivity index (χ3n) is 7.60. The van der Waals surface area contributed by atoms with Gasteiger partial charge in [-0.25, -0.2) is 4.79 Å². The molecule has 3 aliphatic rings. The highest BCUT2D eigenvalue weighted by Crippen LogP contribution is 2.57. The van der Waals surface area contributed by atoms with Gasteiger partial charge in [-0.1, -0.05) is 48.5 Å². The number of hydrogen-bond donors (Lipinski definition) is 2. The maximum absolute atomic E-state index is 13.2. The van der Waals surface area contributed by atoms with Crippen LogP contribution in [-0.2, 0) is 10.3 Å². The molecule has 1 spiro atoms. The summed E-state index contributed by atoms with van der Waals surface area (Å²) in [6, 6.07) is 28.5. The van der Waals surface area contributed by atoms with Crippen LogP contribution in [-0.4, -0.2) is 12.5 Å². The summed E-state index contributed by atoms with van der Waals surface area (Å²) in [5.41, 5.74) is 6.22. The quantitative estimate of drug-likeness (QED) is 0.322. The number of carbonyl (C=O) groups excluding carboxylic acids is 1. The number of carbonyl (C=O) groups is 1. The molecule has 7 rings (SSSR count). The third-order valence-corrected chi connectivity index (χ3v) is 7.60. The van der Waals surface area contributed by atoms with Crippen LogP contribution in [0.25, 0.3) is 0 Å². The second-order valence-corrected chi connectivity index (χ2v) is 9.78. The first kappa shape index (κ1) is 21.2. The van der Waals surface area contributed by atoms with Crippen LogP contribution >= 0.6 is 0 Å². The summed E-state index contributed by atoms with van der Waals surface area (Å²) in [6.07, 6.45) is 2.27. The molecule has 0 bridgehead atoms. The molecule has 0 aromatic heterocycles. The number of nitrogens with one attached hydrogen (secondary N) is 2. The number of benzene rings is 4. The third kappa shape index (κ3) is 3.09. The van der Waals surface area contributed by atoms with Crippen molar-refractivity contribution in [1.82, 2.24) is 5.32 Å². The number of para-hydroxylation sites is 1. The first-order chi connectivity index (χ1) is 17.6. The Morgan fingerprint density at radius 1 is 0.889 bits per heavy atom. The maximum Gasteiger partial charge on any atom is 0.340 e. The molecule has 178 valence electrons. The molecule has 2 unspecified atom stereocenters. The van der Waals surface area contributed by atoms with Gasteiger partial charge in [0.1, 0.15) is 11.5 Å². The van der Waals surface area contributed by atoms with Crippen molar-refractivity contribution in [1.29, 1.82) is 0 Å². The monoisotopic (exact) mass is 474 g/mol. The summed E-state index contributed by atoms with van der Waals surface area (Å²) in [5.74, 6) is 1.13. The van der Waals surface area contributed by atoms with E-state index in [-0.39, 0.29) is 5.97 Å². The molecule has 36 heavy (non-hydrogen) atoms. The Morgan fingerprint density at radius 3 is 2.53 bits per heavy atom. The van der Waals surface area contributed by atoms with E-state index in [1.807, 2.05) is 60.7 Å². The van der Waals surface area contributed by atoms with E-state index in [0.717, 1.165) is 58.8 Å². The molecule has 0 radical (unpaired) electrons. The fourth-order valence-electron chi connectivity index (χ4n) is 5.83. The first-order valence-corrected chi connectivity index (χ1v) is 12.5. The summed E-state index contributed by atoms with van der Waals surface area (Å²) in [5, 5.41) is 7.10. The summed E-state index contributed by atoms with van der Waals surface area (Å²) in [6.45, 7) is 3.08. The average molecular weight is 475 g/mol. The zero-order valence-corrected chi connectivity index (χ0v) is 20.0. The van der Waals surface area contributed by atoms with Crippen molar-refractivity contribution in [3.05, 3.63) is 118 Å². The van der Waals surface area contributed by atoms with E-state index in [1.54, 1.807) is 0 Å². The molecular weight excluding hydrogens is 448 g/mol. The molecule has 3 aliphatic heterocycles. The molecule has 2 atom stereocenters. The van der Waals surface area contributed by atoms with Crippen LogP contribution in [0.2, 0.25) is 0 Å². The van der Waals surface area contributed by atoms with E-state index in [1.165, 1.54) is 5.56 Å². The van der Waals surface area contributed by atoms with Crippen LogP contribution in [0.3, 0.4) is 0 Å². The zero-order valence-electron chi connectivity index (χ0n) is 20.0. The van der Waals surface area contributed by atoms with Crippen LogP contribution in [0, 0.1) is 6.92 Å². The predicted molar refractivity (Wildman–Crippen MR) is 139 cm³/mol.